The van der Waals surface area contributed by atoms with E-state index in [2.05, 4.69) is 68.4 Å². The Hall–Kier alpha value is -1.64. The Morgan fingerprint density at radius 2 is 1.81 bits per heavy atom. The molecule has 2 heteroatoms. The summed E-state index contributed by atoms with van der Waals surface area (Å²) in [5, 5.41) is 1.28. The highest BCUT2D eigenvalue weighted by Crippen LogP contribution is 2.32. The average Bonchev–Trinajstić information content (AvgIpc) is 2.90. The topological polar surface area (TPSA) is 26.0 Å². The zero-order chi connectivity index (χ0) is 14.8. The Bertz CT molecular complexity index is 709. The molecule has 0 bridgehead atoms. The van der Waals surface area contributed by atoms with Gasteiger partial charge in [-0.05, 0) is 41.0 Å². The third-order valence-electron chi connectivity index (χ3n) is 3.71. The summed E-state index contributed by atoms with van der Waals surface area (Å²) in [6.07, 6.45) is 1.10. The second kappa shape index (κ2) is 6.00. The van der Waals surface area contributed by atoms with Crippen molar-refractivity contribution in [1.29, 1.82) is 0 Å². The Kier molecular flexibility index (Phi) is 4.09. The lowest BCUT2D eigenvalue weighted by atomic mass is 9.98. The van der Waals surface area contributed by atoms with Crippen molar-refractivity contribution >= 4 is 21.4 Å². The molecular weight excluding hydrogens is 274 g/mol. The van der Waals surface area contributed by atoms with E-state index in [0.29, 0.717) is 5.92 Å². The van der Waals surface area contributed by atoms with Crippen molar-refractivity contribution in [2.75, 3.05) is 0 Å². The Balaban J connectivity index is 1.92. The van der Waals surface area contributed by atoms with Crippen LogP contribution >= 0.6 is 11.3 Å². The SMILES string of the molecule is CC(C)Cc1cccc(C(N)c2cc3ccccc3s2)c1. The standard InChI is InChI=1S/C19H21NS/c1-13(2)10-14-6-5-8-16(11-14)19(20)18-12-15-7-3-4-9-17(15)21-18/h3-9,11-13,19H,10,20H2,1-2H3. The maximum Gasteiger partial charge on any atom is 0.0646 e. The lowest BCUT2D eigenvalue weighted by Gasteiger charge is -2.12. The molecule has 3 aromatic rings. The molecule has 1 atom stereocenters. The molecule has 0 aliphatic rings. The van der Waals surface area contributed by atoms with E-state index in [1.165, 1.54) is 26.1 Å². The van der Waals surface area contributed by atoms with E-state index in [4.69, 9.17) is 5.73 Å². The number of rotatable bonds is 4. The van der Waals surface area contributed by atoms with E-state index in [0.717, 1.165) is 6.42 Å². The molecule has 0 aliphatic carbocycles. The van der Waals surface area contributed by atoms with Crippen molar-refractivity contribution < 1.29 is 0 Å². The summed E-state index contributed by atoms with van der Waals surface area (Å²) in [5.74, 6) is 0.667. The highest BCUT2D eigenvalue weighted by Gasteiger charge is 2.13. The van der Waals surface area contributed by atoms with Gasteiger partial charge in [0, 0.05) is 9.58 Å². The van der Waals surface area contributed by atoms with Crippen molar-refractivity contribution in [2.45, 2.75) is 26.3 Å². The van der Waals surface area contributed by atoms with Crippen molar-refractivity contribution in [3.63, 3.8) is 0 Å². The van der Waals surface area contributed by atoms with E-state index in [9.17, 15) is 0 Å². The summed E-state index contributed by atoms with van der Waals surface area (Å²) < 4.78 is 1.31. The van der Waals surface area contributed by atoms with Gasteiger partial charge in [0.2, 0.25) is 0 Å². The van der Waals surface area contributed by atoms with Gasteiger partial charge in [-0.2, -0.15) is 0 Å². The molecule has 1 nitrogen and oxygen atoms in total. The Labute approximate surface area is 130 Å². The molecule has 3 rings (SSSR count). The van der Waals surface area contributed by atoms with Crippen LogP contribution in [0.15, 0.2) is 54.6 Å². The van der Waals surface area contributed by atoms with Gasteiger partial charge in [0.15, 0.2) is 0 Å². The van der Waals surface area contributed by atoms with Gasteiger partial charge in [-0.1, -0.05) is 56.3 Å². The number of fused-ring (bicyclic) bond motifs is 1. The van der Waals surface area contributed by atoms with Crippen LogP contribution in [0.5, 0.6) is 0 Å². The highest BCUT2D eigenvalue weighted by molar-refractivity contribution is 7.19. The number of benzene rings is 2. The highest BCUT2D eigenvalue weighted by atomic mass is 32.1. The Morgan fingerprint density at radius 3 is 2.57 bits per heavy atom. The normalized spacial score (nSPS) is 13.0. The monoisotopic (exact) mass is 295 g/mol. The summed E-state index contributed by atoms with van der Waals surface area (Å²) in [4.78, 5) is 1.23. The van der Waals surface area contributed by atoms with Gasteiger partial charge in [-0.15, -0.1) is 11.3 Å². The molecule has 1 aromatic heterocycles. The molecule has 2 aromatic carbocycles. The molecule has 0 aliphatic heterocycles. The second-order valence-electron chi connectivity index (χ2n) is 6.01. The largest absolute Gasteiger partial charge is 0.320 e. The molecule has 1 heterocycles. The fourth-order valence-corrected chi connectivity index (χ4v) is 3.80. The molecule has 0 fully saturated rings. The molecule has 0 saturated carbocycles. The maximum atomic E-state index is 6.49. The fraction of sp³-hybridized carbons (Fsp3) is 0.263. The minimum Gasteiger partial charge on any atom is -0.320 e. The van der Waals surface area contributed by atoms with Crippen LogP contribution in [0.2, 0.25) is 0 Å². The van der Waals surface area contributed by atoms with E-state index >= 15 is 0 Å². The molecular formula is C19H21NS. The van der Waals surface area contributed by atoms with Crippen LogP contribution in [-0.4, -0.2) is 0 Å². The summed E-state index contributed by atoms with van der Waals surface area (Å²) in [7, 11) is 0. The predicted molar refractivity (Wildman–Crippen MR) is 92.8 cm³/mol. The van der Waals surface area contributed by atoms with E-state index in [1.54, 1.807) is 11.3 Å². The van der Waals surface area contributed by atoms with Gasteiger partial charge in [-0.25, -0.2) is 0 Å². The van der Waals surface area contributed by atoms with E-state index in [-0.39, 0.29) is 6.04 Å². The van der Waals surface area contributed by atoms with Crippen molar-refractivity contribution in [3.05, 3.63) is 70.6 Å². The van der Waals surface area contributed by atoms with Gasteiger partial charge in [0.05, 0.1) is 6.04 Å². The van der Waals surface area contributed by atoms with Crippen LogP contribution in [0.1, 0.15) is 35.9 Å². The van der Waals surface area contributed by atoms with Crippen LogP contribution in [0.4, 0.5) is 0 Å². The molecule has 21 heavy (non-hydrogen) atoms. The number of thiophene rings is 1. The number of nitrogens with two attached hydrogens (primary N) is 1. The number of hydrogen-bond donors (Lipinski definition) is 1. The van der Waals surface area contributed by atoms with Gasteiger partial charge in [0.1, 0.15) is 0 Å². The molecule has 108 valence electrons. The zero-order valence-corrected chi connectivity index (χ0v) is 13.4. The van der Waals surface area contributed by atoms with Crippen molar-refractivity contribution in [1.82, 2.24) is 0 Å². The van der Waals surface area contributed by atoms with Crippen LogP contribution in [0.25, 0.3) is 10.1 Å². The minimum atomic E-state index is -0.0329. The molecule has 0 amide bonds. The fourth-order valence-electron chi connectivity index (χ4n) is 2.70. The van der Waals surface area contributed by atoms with Crippen LogP contribution in [-0.2, 0) is 6.42 Å². The summed E-state index contributed by atoms with van der Waals surface area (Å²) in [6.45, 7) is 4.50. The first-order valence-electron chi connectivity index (χ1n) is 7.46. The third kappa shape index (κ3) is 3.17. The Morgan fingerprint density at radius 1 is 1.00 bits per heavy atom. The van der Waals surface area contributed by atoms with Crippen molar-refractivity contribution in [3.8, 4) is 0 Å². The van der Waals surface area contributed by atoms with Crippen molar-refractivity contribution in [2.24, 2.45) is 11.7 Å². The molecule has 1 unspecified atom stereocenters. The smallest absolute Gasteiger partial charge is 0.0646 e. The van der Waals surface area contributed by atoms with Gasteiger partial charge in [0.25, 0.3) is 0 Å². The lowest BCUT2D eigenvalue weighted by molar-refractivity contribution is 0.646. The quantitative estimate of drug-likeness (QED) is 0.708. The van der Waals surface area contributed by atoms with Crippen LogP contribution < -0.4 is 5.73 Å². The first-order valence-corrected chi connectivity index (χ1v) is 8.28. The molecule has 0 radical (unpaired) electrons. The molecule has 0 spiro atoms. The van der Waals surface area contributed by atoms with Gasteiger partial charge < -0.3 is 5.73 Å². The summed E-state index contributed by atoms with van der Waals surface area (Å²) in [6, 6.07) is 19.4. The lowest BCUT2D eigenvalue weighted by Crippen LogP contribution is -2.10. The van der Waals surface area contributed by atoms with E-state index in [1.807, 2.05) is 0 Å². The number of hydrogen-bond acceptors (Lipinski definition) is 2. The first kappa shape index (κ1) is 14.3. The van der Waals surface area contributed by atoms with Crippen LogP contribution in [0, 0.1) is 5.92 Å². The average molecular weight is 295 g/mol. The first-order chi connectivity index (χ1) is 10.1. The second-order valence-corrected chi connectivity index (χ2v) is 7.12. The van der Waals surface area contributed by atoms with E-state index < -0.39 is 0 Å². The molecule has 0 saturated heterocycles. The zero-order valence-electron chi connectivity index (χ0n) is 12.5. The van der Waals surface area contributed by atoms with Crippen LogP contribution in [0.3, 0.4) is 0 Å². The third-order valence-corrected chi connectivity index (χ3v) is 4.90. The predicted octanol–water partition coefficient (Wildman–Crippen LogP) is 5.15. The van der Waals surface area contributed by atoms with Gasteiger partial charge in [-0.3, -0.25) is 0 Å². The molecule has 2 N–H and O–H groups in total. The maximum absolute atomic E-state index is 6.49. The minimum absolute atomic E-state index is 0.0329. The summed E-state index contributed by atoms with van der Waals surface area (Å²) in [5.41, 5.74) is 9.07. The summed E-state index contributed by atoms with van der Waals surface area (Å²) >= 11 is 1.79. The van der Waals surface area contributed by atoms with Gasteiger partial charge >= 0.3 is 0 Å².